The number of aromatic nitrogens is 2. The van der Waals surface area contributed by atoms with Crippen LogP contribution in [-0.4, -0.2) is 21.9 Å². The molecule has 3 rings (SSSR count). The number of hydrogen-bond acceptors (Lipinski definition) is 3. The molecule has 27 heavy (non-hydrogen) atoms. The first-order valence-corrected chi connectivity index (χ1v) is 9.38. The Morgan fingerprint density at radius 1 is 1.19 bits per heavy atom. The van der Waals surface area contributed by atoms with Crippen molar-refractivity contribution in [3.05, 3.63) is 77.6 Å². The summed E-state index contributed by atoms with van der Waals surface area (Å²) in [5.74, 6) is 0.331. The zero-order valence-corrected chi connectivity index (χ0v) is 15.1. The van der Waals surface area contributed by atoms with Gasteiger partial charge in [-0.1, -0.05) is 12.1 Å². The number of halogens is 3. The monoisotopic (exact) mass is 391 g/mol. The minimum Gasteiger partial charge on any atom is -0.320 e. The lowest BCUT2D eigenvalue weighted by atomic mass is 10.1. The third-order valence-electron chi connectivity index (χ3n) is 3.85. The summed E-state index contributed by atoms with van der Waals surface area (Å²) in [6.07, 6.45) is 0.565. The van der Waals surface area contributed by atoms with Crippen molar-refractivity contribution in [3.8, 4) is 5.69 Å². The number of carbonyl (C=O) groups is 1. The zero-order valence-electron chi connectivity index (χ0n) is 14.3. The summed E-state index contributed by atoms with van der Waals surface area (Å²) >= 11 is 1.66. The standard InChI is InChI=1S/C19H16F3N3OS/c1-27-12-13-3-5-14(6-4-13)18(26)24-16-11-15(19(20,21)22)7-8-17(16)25-10-2-9-23-25/h2-11H,12H2,1H3,(H,24,26). The molecule has 0 saturated heterocycles. The molecule has 0 unspecified atom stereocenters. The van der Waals surface area contributed by atoms with Crippen molar-refractivity contribution in [3.63, 3.8) is 0 Å². The summed E-state index contributed by atoms with van der Waals surface area (Å²) in [6.45, 7) is 0. The summed E-state index contributed by atoms with van der Waals surface area (Å²) in [5.41, 5.74) is 0.968. The summed E-state index contributed by atoms with van der Waals surface area (Å²) in [7, 11) is 0. The molecule has 1 N–H and O–H groups in total. The van der Waals surface area contributed by atoms with Crippen LogP contribution in [0.4, 0.5) is 18.9 Å². The summed E-state index contributed by atoms with van der Waals surface area (Å²) in [6, 6.07) is 11.8. The van der Waals surface area contributed by atoms with E-state index in [-0.39, 0.29) is 5.69 Å². The van der Waals surface area contributed by atoms with Crippen molar-refractivity contribution in [1.29, 1.82) is 0 Å². The molecule has 0 spiro atoms. The van der Waals surface area contributed by atoms with Gasteiger partial charge >= 0.3 is 6.18 Å². The first-order chi connectivity index (χ1) is 12.9. The Hall–Kier alpha value is -2.74. The molecular weight excluding hydrogens is 375 g/mol. The third-order valence-corrected chi connectivity index (χ3v) is 4.47. The van der Waals surface area contributed by atoms with Gasteiger partial charge < -0.3 is 5.32 Å². The lowest BCUT2D eigenvalue weighted by Crippen LogP contribution is -2.15. The van der Waals surface area contributed by atoms with Gasteiger partial charge in [0.2, 0.25) is 0 Å². The van der Waals surface area contributed by atoms with Gasteiger partial charge in [-0.3, -0.25) is 4.79 Å². The van der Waals surface area contributed by atoms with E-state index in [1.807, 2.05) is 18.4 Å². The summed E-state index contributed by atoms with van der Waals surface area (Å²) in [4.78, 5) is 12.5. The van der Waals surface area contributed by atoms with Crippen LogP contribution in [0.5, 0.6) is 0 Å². The molecule has 0 radical (unpaired) electrons. The van der Waals surface area contributed by atoms with Gasteiger partial charge in [0, 0.05) is 23.7 Å². The maximum atomic E-state index is 13.1. The smallest absolute Gasteiger partial charge is 0.320 e. The second-order valence-electron chi connectivity index (χ2n) is 5.76. The summed E-state index contributed by atoms with van der Waals surface area (Å²) in [5, 5.41) is 6.61. The van der Waals surface area contributed by atoms with Crippen molar-refractivity contribution in [1.82, 2.24) is 9.78 Å². The van der Waals surface area contributed by atoms with Crippen LogP contribution in [0, 0.1) is 0 Å². The number of amides is 1. The van der Waals surface area contributed by atoms with E-state index < -0.39 is 17.6 Å². The topological polar surface area (TPSA) is 46.9 Å². The normalized spacial score (nSPS) is 11.4. The minimum absolute atomic E-state index is 0.0340. The molecular formula is C19H16F3N3OS. The number of thioether (sulfide) groups is 1. The van der Waals surface area contributed by atoms with E-state index >= 15 is 0 Å². The van der Waals surface area contributed by atoms with Gasteiger partial charge in [-0.15, -0.1) is 0 Å². The van der Waals surface area contributed by atoms with Crippen molar-refractivity contribution in [2.24, 2.45) is 0 Å². The number of rotatable bonds is 5. The molecule has 1 heterocycles. The molecule has 140 valence electrons. The highest BCUT2D eigenvalue weighted by atomic mass is 32.2. The SMILES string of the molecule is CSCc1ccc(C(=O)Nc2cc(C(F)(F)F)ccc2-n2cccn2)cc1. The van der Waals surface area contributed by atoms with Crippen LogP contribution in [0.3, 0.4) is 0 Å². The molecule has 0 atom stereocenters. The molecule has 0 aliphatic heterocycles. The van der Waals surface area contributed by atoms with Crippen LogP contribution in [-0.2, 0) is 11.9 Å². The van der Waals surface area contributed by atoms with E-state index in [0.717, 1.165) is 23.4 Å². The maximum absolute atomic E-state index is 13.1. The number of hydrogen-bond donors (Lipinski definition) is 1. The average molecular weight is 391 g/mol. The quantitative estimate of drug-likeness (QED) is 0.665. The molecule has 0 fully saturated rings. The van der Waals surface area contributed by atoms with Gasteiger partial charge in [0.05, 0.1) is 16.9 Å². The van der Waals surface area contributed by atoms with Crippen LogP contribution in [0.15, 0.2) is 60.9 Å². The number of carbonyl (C=O) groups excluding carboxylic acids is 1. The molecule has 1 amide bonds. The molecule has 8 heteroatoms. The lowest BCUT2D eigenvalue weighted by Gasteiger charge is -2.15. The van der Waals surface area contributed by atoms with Crippen LogP contribution in [0.2, 0.25) is 0 Å². The van der Waals surface area contributed by atoms with Crippen LogP contribution >= 0.6 is 11.8 Å². The highest BCUT2D eigenvalue weighted by Gasteiger charge is 2.31. The fourth-order valence-electron chi connectivity index (χ4n) is 2.54. The molecule has 0 bridgehead atoms. The van der Waals surface area contributed by atoms with Crippen LogP contribution < -0.4 is 5.32 Å². The average Bonchev–Trinajstić information content (AvgIpc) is 3.16. The Kier molecular flexibility index (Phi) is 5.55. The van der Waals surface area contributed by atoms with Crippen LogP contribution in [0.25, 0.3) is 5.69 Å². The van der Waals surface area contributed by atoms with E-state index in [2.05, 4.69) is 10.4 Å². The number of nitrogens with one attached hydrogen (secondary N) is 1. The first kappa shape index (κ1) is 19.0. The van der Waals surface area contributed by atoms with E-state index in [1.165, 1.54) is 16.9 Å². The number of alkyl halides is 3. The molecule has 0 aliphatic carbocycles. The van der Waals surface area contributed by atoms with Crippen molar-refractivity contribution >= 4 is 23.4 Å². The Bertz CT molecular complexity index is 922. The Balaban J connectivity index is 1.92. The highest BCUT2D eigenvalue weighted by Crippen LogP contribution is 2.33. The second kappa shape index (κ2) is 7.87. The number of anilines is 1. The predicted octanol–water partition coefficient (Wildman–Crippen LogP) is 5.01. The van der Waals surface area contributed by atoms with Gasteiger partial charge in [0.1, 0.15) is 0 Å². The lowest BCUT2D eigenvalue weighted by molar-refractivity contribution is -0.137. The molecule has 3 aromatic rings. The predicted molar refractivity (Wildman–Crippen MR) is 100 cm³/mol. The maximum Gasteiger partial charge on any atom is 0.416 e. The Morgan fingerprint density at radius 3 is 2.52 bits per heavy atom. The van der Waals surface area contributed by atoms with E-state index in [1.54, 1.807) is 36.2 Å². The Morgan fingerprint density at radius 2 is 1.93 bits per heavy atom. The fraction of sp³-hybridized carbons (Fsp3) is 0.158. The summed E-state index contributed by atoms with van der Waals surface area (Å²) < 4.78 is 40.6. The molecule has 0 aliphatic rings. The van der Waals surface area contributed by atoms with Gasteiger partial charge in [-0.2, -0.15) is 30.0 Å². The van der Waals surface area contributed by atoms with E-state index in [9.17, 15) is 18.0 Å². The fourth-order valence-corrected chi connectivity index (χ4v) is 3.06. The number of benzene rings is 2. The molecule has 4 nitrogen and oxygen atoms in total. The van der Waals surface area contributed by atoms with Crippen molar-refractivity contribution in [2.45, 2.75) is 11.9 Å². The molecule has 0 saturated carbocycles. The third kappa shape index (κ3) is 4.51. The van der Waals surface area contributed by atoms with Gasteiger partial charge in [0.25, 0.3) is 5.91 Å². The minimum atomic E-state index is -4.51. The second-order valence-corrected chi connectivity index (χ2v) is 6.63. The largest absolute Gasteiger partial charge is 0.416 e. The van der Waals surface area contributed by atoms with Gasteiger partial charge in [-0.25, -0.2) is 4.68 Å². The Labute approximate surface area is 158 Å². The molecule has 2 aromatic carbocycles. The molecule has 1 aromatic heterocycles. The van der Waals surface area contributed by atoms with Crippen molar-refractivity contribution < 1.29 is 18.0 Å². The number of nitrogens with zero attached hydrogens (tertiary/aromatic N) is 2. The first-order valence-electron chi connectivity index (χ1n) is 7.99. The van der Waals surface area contributed by atoms with Crippen molar-refractivity contribution in [2.75, 3.05) is 11.6 Å². The van der Waals surface area contributed by atoms with Gasteiger partial charge in [0.15, 0.2) is 0 Å². The van der Waals surface area contributed by atoms with E-state index in [0.29, 0.717) is 11.3 Å². The highest BCUT2D eigenvalue weighted by molar-refractivity contribution is 7.97. The van der Waals surface area contributed by atoms with Gasteiger partial charge in [-0.05, 0) is 48.2 Å². The van der Waals surface area contributed by atoms with Crippen LogP contribution in [0.1, 0.15) is 21.5 Å². The van der Waals surface area contributed by atoms with E-state index in [4.69, 9.17) is 0 Å². The zero-order chi connectivity index (χ0) is 19.4.